The maximum Gasteiger partial charge on any atom is 0.326 e. The van der Waals surface area contributed by atoms with E-state index in [1.165, 1.54) is 18.9 Å². The van der Waals surface area contributed by atoms with Crippen molar-refractivity contribution in [3.05, 3.63) is 34.9 Å². The van der Waals surface area contributed by atoms with E-state index in [1.807, 2.05) is 13.0 Å². The van der Waals surface area contributed by atoms with Crippen LogP contribution < -0.4 is 0 Å². The molecule has 3 aromatic rings. The Hall–Kier alpha value is -3.16. The number of pyridine rings is 1. The van der Waals surface area contributed by atoms with Crippen molar-refractivity contribution < 1.29 is 23.6 Å². The minimum atomic E-state index is -1.09. The molecule has 8 nitrogen and oxygen atoms in total. The van der Waals surface area contributed by atoms with Gasteiger partial charge in [-0.2, -0.15) is 0 Å². The molecule has 1 N–H and O–H groups in total. The standard InChI is InChI=1S/C18H19N3O5/c1-8-6-12(11(4)25-8)14-7-13(15-9(2)20-26-16(15)19-14)17(22)21(5)10(3)18(23)24/h6-7,10H,1-5H3,(H,23,24). The number of amides is 1. The molecule has 26 heavy (non-hydrogen) atoms. The highest BCUT2D eigenvalue weighted by molar-refractivity contribution is 6.07. The van der Waals surface area contributed by atoms with Crippen molar-refractivity contribution in [1.82, 2.24) is 15.0 Å². The Morgan fingerprint density at radius 1 is 1.23 bits per heavy atom. The van der Waals surface area contributed by atoms with Crippen LogP contribution in [0.3, 0.4) is 0 Å². The molecule has 0 spiro atoms. The fourth-order valence-electron chi connectivity index (χ4n) is 2.82. The van der Waals surface area contributed by atoms with E-state index in [2.05, 4.69) is 10.1 Å². The number of carbonyl (C=O) groups is 2. The van der Waals surface area contributed by atoms with E-state index in [9.17, 15) is 14.7 Å². The third kappa shape index (κ3) is 2.83. The molecule has 0 radical (unpaired) electrons. The van der Waals surface area contributed by atoms with Crippen LogP contribution in [-0.2, 0) is 4.79 Å². The highest BCUT2D eigenvalue weighted by atomic mass is 16.5. The minimum absolute atomic E-state index is 0.220. The van der Waals surface area contributed by atoms with Gasteiger partial charge in [-0.05, 0) is 39.8 Å². The van der Waals surface area contributed by atoms with Gasteiger partial charge in [-0.1, -0.05) is 5.16 Å². The summed E-state index contributed by atoms with van der Waals surface area (Å²) in [7, 11) is 1.45. The summed E-state index contributed by atoms with van der Waals surface area (Å²) >= 11 is 0. The first-order valence-corrected chi connectivity index (χ1v) is 8.05. The number of aliphatic carboxylic acids is 1. The van der Waals surface area contributed by atoms with Crippen molar-refractivity contribution in [3.8, 4) is 11.3 Å². The van der Waals surface area contributed by atoms with Crippen LogP contribution in [0.15, 0.2) is 21.1 Å². The van der Waals surface area contributed by atoms with Crippen LogP contribution in [0.25, 0.3) is 22.4 Å². The first kappa shape index (κ1) is 17.7. The van der Waals surface area contributed by atoms with Gasteiger partial charge >= 0.3 is 5.97 Å². The van der Waals surface area contributed by atoms with Gasteiger partial charge in [0.25, 0.3) is 11.6 Å². The van der Waals surface area contributed by atoms with Gasteiger partial charge in [-0.3, -0.25) is 4.79 Å². The second kappa shape index (κ2) is 6.29. The highest BCUT2D eigenvalue weighted by Crippen LogP contribution is 2.31. The molecule has 0 saturated heterocycles. The number of aromatic nitrogens is 2. The molecule has 0 saturated carbocycles. The Balaban J connectivity index is 2.20. The fraction of sp³-hybridized carbons (Fsp3) is 0.333. The predicted octanol–water partition coefficient (Wildman–Crippen LogP) is 2.95. The lowest BCUT2D eigenvalue weighted by molar-refractivity contribution is -0.141. The Morgan fingerprint density at radius 2 is 1.92 bits per heavy atom. The van der Waals surface area contributed by atoms with Crippen molar-refractivity contribution in [2.75, 3.05) is 7.05 Å². The van der Waals surface area contributed by atoms with Gasteiger partial charge in [0.05, 0.1) is 22.3 Å². The number of nitrogens with zero attached hydrogens (tertiary/aromatic N) is 3. The third-order valence-electron chi connectivity index (χ3n) is 4.42. The zero-order valence-electron chi connectivity index (χ0n) is 15.2. The van der Waals surface area contributed by atoms with Crippen LogP contribution in [0.2, 0.25) is 0 Å². The Kier molecular flexibility index (Phi) is 4.27. The van der Waals surface area contributed by atoms with Gasteiger partial charge in [-0.15, -0.1) is 0 Å². The summed E-state index contributed by atoms with van der Waals surface area (Å²) in [5.41, 5.74) is 2.26. The SMILES string of the molecule is Cc1cc(-c2cc(C(=O)N(C)C(C)C(=O)O)c3c(C)noc3n2)c(C)o1. The molecule has 3 aromatic heterocycles. The smallest absolute Gasteiger partial charge is 0.326 e. The van der Waals surface area contributed by atoms with Crippen molar-refractivity contribution in [3.63, 3.8) is 0 Å². The number of carboxylic acid groups (broad SMARTS) is 1. The number of furan rings is 1. The first-order chi connectivity index (χ1) is 12.2. The lowest BCUT2D eigenvalue weighted by Gasteiger charge is -2.22. The van der Waals surface area contributed by atoms with Crippen LogP contribution in [-0.4, -0.2) is 45.1 Å². The molecule has 0 aromatic carbocycles. The minimum Gasteiger partial charge on any atom is -0.480 e. The van der Waals surface area contributed by atoms with Gasteiger partial charge in [-0.25, -0.2) is 9.78 Å². The quantitative estimate of drug-likeness (QED) is 0.764. The zero-order valence-corrected chi connectivity index (χ0v) is 15.2. The molecule has 0 aliphatic heterocycles. The Bertz CT molecular complexity index is 1020. The second-order valence-corrected chi connectivity index (χ2v) is 6.26. The fourth-order valence-corrected chi connectivity index (χ4v) is 2.82. The third-order valence-corrected chi connectivity index (χ3v) is 4.42. The number of carboxylic acids is 1. The number of aryl methyl sites for hydroxylation is 3. The van der Waals surface area contributed by atoms with Gasteiger partial charge in [0.2, 0.25) is 0 Å². The van der Waals surface area contributed by atoms with Crippen LogP contribution in [0, 0.1) is 20.8 Å². The first-order valence-electron chi connectivity index (χ1n) is 8.05. The predicted molar refractivity (Wildman–Crippen MR) is 92.9 cm³/mol. The second-order valence-electron chi connectivity index (χ2n) is 6.26. The molecule has 3 heterocycles. The van der Waals surface area contributed by atoms with Crippen molar-refractivity contribution in [2.24, 2.45) is 0 Å². The van der Waals surface area contributed by atoms with Crippen LogP contribution in [0.4, 0.5) is 0 Å². The summed E-state index contributed by atoms with van der Waals surface area (Å²) in [5.74, 6) is -0.152. The van der Waals surface area contributed by atoms with Crippen molar-refractivity contribution in [1.29, 1.82) is 0 Å². The molecule has 0 bridgehead atoms. The van der Waals surface area contributed by atoms with E-state index in [0.717, 1.165) is 11.3 Å². The lowest BCUT2D eigenvalue weighted by atomic mass is 10.0. The average molecular weight is 357 g/mol. The van der Waals surface area contributed by atoms with E-state index >= 15 is 0 Å². The normalized spacial score (nSPS) is 12.3. The van der Waals surface area contributed by atoms with Gasteiger partial charge in [0, 0.05) is 12.6 Å². The van der Waals surface area contributed by atoms with E-state index < -0.39 is 17.9 Å². The number of likely N-dealkylation sites (N-methyl/N-ethyl adjacent to an activating group) is 1. The highest BCUT2D eigenvalue weighted by Gasteiger charge is 2.27. The number of hydrogen-bond donors (Lipinski definition) is 1. The van der Waals surface area contributed by atoms with Crippen LogP contribution in [0.1, 0.15) is 34.5 Å². The summed E-state index contributed by atoms with van der Waals surface area (Å²) in [6.07, 6.45) is 0. The molecule has 136 valence electrons. The van der Waals surface area contributed by atoms with E-state index in [4.69, 9.17) is 8.94 Å². The molecule has 1 amide bonds. The van der Waals surface area contributed by atoms with Crippen LogP contribution >= 0.6 is 0 Å². The molecule has 0 fully saturated rings. The maximum absolute atomic E-state index is 13.0. The summed E-state index contributed by atoms with van der Waals surface area (Å²) in [4.78, 5) is 29.8. The van der Waals surface area contributed by atoms with Gasteiger partial charge in [0.15, 0.2) is 0 Å². The summed E-state index contributed by atoms with van der Waals surface area (Å²) in [6.45, 7) is 6.78. The maximum atomic E-state index is 13.0. The van der Waals surface area contributed by atoms with Gasteiger partial charge < -0.3 is 18.9 Å². The number of carbonyl (C=O) groups excluding carboxylic acids is 1. The van der Waals surface area contributed by atoms with Crippen LogP contribution in [0.5, 0.6) is 0 Å². The number of hydrogen-bond acceptors (Lipinski definition) is 6. The molecule has 0 aliphatic carbocycles. The molecular formula is C18H19N3O5. The molecular weight excluding hydrogens is 338 g/mol. The van der Waals surface area contributed by atoms with E-state index in [-0.39, 0.29) is 11.3 Å². The summed E-state index contributed by atoms with van der Waals surface area (Å²) in [5, 5.41) is 13.6. The lowest BCUT2D eigenvalue weighted by Crippen LogP contribution is -2.40. The van der Waals surface area contributed by atoms with E-state index in [0.29, 0.717) is 22.5 Å². The van der Waals surface area contributed by atoms with Gasteiger partial charge in [0.1, 0.15) is 17.6 Å². The Morgan fingerprint density at radius 3 is 2.50 bits per heavy atom. The number of rotatable bonds is 4. The largest absolute Gasteiger partial charge is 0.480 e. The topological polar surface area (TPSA) is 110 Å². The number of fused-ring (bicyclic) bond motifs is 1. The molecule has 0 aliphatic rings. The molecule has 3 rings (SSSR count). The zero-order chi connectivity index (χ0) is 19.2. The summed E-state index contributed by atoms with van der Waals surface area (Å²) in [6, 6.07) is 2.47. The van der Waals surface area contributed by atoms with Crippen molar-refractivity contribution >= 4 is 23.0 Å². The summed E-state index contributed by atoms with van der Waals surface area (Å²) < 4.78 is 10.8. The van der Waals surface area contributed by atoms with Crippen molar-refractivity contribution in [2.45, 2.75) is 33.7 Å². The van der Waals surface area contributed by atoms with E-state index in [1.54, 1.807) is 19.9 Å². The average Bonchev–Trinajstić information content (AvgIpc) is 3.13. The molecule has 8 heteroatoms. The molecule has 1 atom stereocenters. The Labute approximate surface area is 149 Å². The monoisotopic (exact) mass is 357 g/mol. The molecule has 1 unspecified atom stereocenters.